The molecule has 1 aliphatic heterocycles. The van der Waals surface area contributed by atoms with Crippen molar-refractivity contribution in [2.24, 2.45) is 0 Å². The van der Waals surface area contributed by atoms with Gasteiger partial charge in [0.15, 0.2) is 0 Å². The van der Waals surface area contributed by atoms with E-state index in [1.165, 1.54) is 0 Å². The monoisotopic (exact) mass is 447 g/mol. The van der Waals surface area contributed by atoms with E-state index >= 15 is 0 Å². The number of piperazine rings is 1. The minimum atomic E-state index is -0.318. The Labute approximate surface area is 190 Å². The highest BCUT2D eigenvalue weighted by Gasteiger charge is 2.32. The van der Waals surface area contributed by atoms with E-state index in [-0.39, 0.29) is 18.6 Å². The lowest BCUT2D eigenvalue weighted by molar-refractivity contribution is 0.0567. The van der Waals surface area contributed by atoms with Crippen molar-refractivity contribution >= 4 is 34.1 Å². The number of carbonyl (C=O) groups is 1. The van der Waals surface area contributed by atoms with Gasteiger partial charge in [0.1, 0.15) is 0 Å². The number of amides is 1. The summed E-state index contributed by atoms with van der Waals surface area (Å²) in [6, 6.07) is 16.8. The summed E-state index contributed by atoms with van der Waals surface area (Å²) in [5.74, 6) is 0.403. The number of halogens is 1. The molecule has 1 atom stereocenters. The van der Waals surface area contributed by atoms with Gasteiger partial charge in [-0.15, -0.1) is 0 Å². The molecule has 7 nitrogen and oxygen atoms in total. The van der Waals surface area contributed by atoms with Gasteiger partial charge in [-0.3, -0.25) is 9.36 Å². The molecule has 8 heteroatoms. The number of nitrogens with zero attached hydrogens (tertiary/aromatic N) is 5. The fourth-order valence-electron chi connectivity index (χ4n) is 4.25. The number of carbonyl (C=O) groups excluding carboxylic acids is 1. The molecule has 0 unspecified atom stereocenters. The van der Waals surface area contributed by atoms with E-state index in [1.807, 2.05) is 53.1 Å². The Morgan fingerprint density at radius 1 is 1.03 bits per heavy atom. The zero-order valence-corrected chi connectivity index (χ0v) is 18.1. The van der Waals surface area contributed by atoms with Gasteiger partial charge in [0.25, 0.3) is 5.91 Å². The van der Waals surface area contributed by atoms with Crippen molar-refractivity contribution < 1.29 is 9.90 Å². The molecule has 162 valence electrons. The predicted octanol–water partition coefficient (Wildman–Crippen LogP) is 3.40. The number of aliphatic hydroxyl groups excluding tert-OH is 1. The number of hydrogen-bond acceptors (Lipinski definition) is 5. The number of rotatable bonds is 4. The maximum atomic E-state index is 13.6. The number of anilines is 1. The molecule has 1 N–H and O–H groups in total. The summed E-state index contributed by atoms with van der Waals surface area (Å²) >= 11 is 6.01. The molecule has 1 saturated heterocycles. The van der Waals surface area contributed by atoms with Crippen LogP contribution in [0.4, 0.5) is 5.69 Å². The van der Waals surface area contributed by atoms with Crippen LogP contribution in [0.5, 0.6) is 0 Å². The van der Waals surface area contributed by atoms with Gasteiger partial charge in [0, 0.05) is 54.3 Å². The quantitative estimate of drug-likeness (QED) is 0.519. The standard InChI is InChI=1S/C24H22ClN5O2/c25-17-6-8-18(9-7-17)28-12-13-29(19(14-28)16-31)23(32)21-15-30(24-26-10-3-11-27-24)22-5-2-1-4-20(21)22/h1-11,15,19,31H,12-14,16H2/t19-/m1/s1. The Kier molecular flexibility index (Phi) is 5.51. The van der Waals surface area contributed by atoms with Crippen LogP contribution in [0.15, 0.2) is 73.2 Å². The number of aliphatic hydroxyl groups is 1. The average Bonchev–Trinajstić information content (AvgIpc) is 3.24. The zero-order chi connectivity index (χ0) is 22.1. The first-order valence-electron chi connectivity index (χ1n) is 10.5. The van der Waals surface area contributed by atoms with Crippen molar-refractivity contribution in [3.63, 3.8) is 0 Å². The fraction of sp³-hybridized carbons (Fsp3) is 0.208. The van der Waals surface area contributed by atoms with Gasteiger partial charge in [-0.25, -0.2) is 9.97 Å². The van der Waals surface area contributed by atoms with Crippen LogP contribution in [-0.4, -0.2) is 62.7 Å². The van der Waals surface area contributed by atoms with E-state index in [9.17, 15) is 9.90 Å². The minimum absolute atomic E-state index is 0.106. The fourth-order valence-corrected chi connectivity index (χ4v) is 4.38. The van der Waals surface area contributed by atoms with Crippen LogP contribution in [0.3, 0.4) is 0 Å². The van der Waals surface area contributed by atoms with Gasteiger partial charge >= 0.3 is 0 Å². The summed E-state index contributed by atoms with van der Waals surface area (Å²) in [5.41, 5.74) is 2.46. The second-order valence-corrected chi connectivity index (χ2v) is 8.17. The smallest absolute Gasteiger partial charge is 0.256 e. The van der Waals surface area contributed by atoms with Crippen LogP contribution in [0.1, 0.15) is 10.4 Å². The Hall–Kier alpha value is -3.42. The number of hydrogen-bond donors (Lipinski definition) is 1. The lowest BCUT2D eigenvalue weighted by Crippen LogP contribution is -2.56. The van der Waals surface area contributed by atoms with Crippen molar-refractivity contribution in [2.75, 3.05) is 31.1 Å². The third-order valence-electron chi connectivity index (χ3n) is 5.86. The Balaban J connectivity index is 1.46. The molecular weight excluding hydrogens is 426 g/mol. The van der Waals surface area contributed by atoms with Crippen molar-refractivity contribution in [3.05, 3.63) is 83.8 Å². The highest BCUT2D eigenvalue weighted by molar-refractivity contribution is 6.30. The van der Waals surface area contributed by atoms with Gasteiger partial charge in [-0.2, -0.15) is 0 Å². The molecule has 5 rings (SSSR count). The van der Waals surface area contributed by atoms with Crippen molar-refractivity contribution in [3.8, 4) is 5.95 Å². The Morgan fingerprint density at radius 2 is 1.78 bits per heavy atom. The van der Waals surface area contributed by atoms with Gasteiger partial charge in [-0.05, 0) is 36.4 Å². The largest absolute Gasteiger partial charge is 0.394 e. The van der Waals surface area contributed by atoms with E-state index in [1.54, 1.807) is 29.6 Å². The Bertz CT molecular complexity index is 1240. The van der Waals surface area contributed by atoms with Crippen LogP contribution in [0, 0.1) is 0 Å². The second-order valence-electron chi connectivity index (χ2n) is 7.74. The summed E-state index contributed by atoms with van der Waals surface area (Å²) in [5, 5.41) is 11.6. The van der Waals surface area contributed by atoms with Crippen molar-refractivity contribution in [2.45, 2.75) is 6.04 Å². The van der Waals surface area contributed by atoms with E-state index in [0.29, 0.717) is 36.2 Å². The van der Waals surface area contributed by atoms with Gasteiger partial charge in [0.05, 0.1) is 23.7 Å². The highest BCUT2D eigenvalue weighted by atomic mass is 35.5. The summed E-state index contributed by atoms with van der Waals surface area (Å²) in [7, 11) is 0. The zero-order valence-electron chi connectivity index (χ0n) is 17.3. The molecule has 0 spiro atoms. The minimum Gasteiger partial charge on any atom is -0.394 e. The molecule has 0 radical (unpaired) electrons. The second kappa shape index (κ2) is 8.61. The maximum Gasteiger partial charge on any atom is 0.256 e. The van der Waals surface area contributed by atoms with Gasteiger partial charge in [-0.1, -0.05) is 29.8 Å². The van der Waals surface area contributed by atoms with Crippen LogP contribution in [-0.2, 0) is 0 Å². The highest BCUT2D eigenvalue weighted by Crippen LogP contribution is 2.27. The molecule has 32 heavy (non-hydrogen) atoms. The average molecular weight is 448 g/mol. The van der Waals surface area contributed by atoms with Crippen LogP contribution in [0.25, 0.3) is 16.9 Å². The molecule has 0 saturated carbocycles. The van der Waals surface area contributed by atoms with Crippen molar-refractivity contribution in [1.29, 1.82) is 0 Å². The maximum absolute atomic E-state index is 13.6. The third-order valence-corrected chi connectivity index (χ3v) is 6.11. The number of aromatic nitrogens is 3. The molecular formula is C24H22ClN5O2. The molecule has 2 aromatic carbocycles. The molecule has 0 bridgehead atoms. The molecule has 1 aliphatic rings. The molecule has 0 aliphatic carbocycles. The van der Waals surface area contributed by atoms with Gasteiger partial charge < -0.3 is 14.9 Å². The number of fused-ring (bicyclic) bond motifs is 1. The molecule has 3 heterocycles. The van der Waals surface area contributed by atoms with Gasteiger partial charge in [0.2, 0.25) is 5.95 Å². The Morgan fingerprint density at radius 3 is 2.53 bits per heavy atom. The van der Waals surface area contributed by atoms with Crippen LogP contribution < -0.4 is 4.90 Å². The first-order chi connectivity index (χ1) is 15.7. The van der Waals surface area contributed by atoms with E-state index in [0.717, 1.165) is 16.6 Å². The van der Waals surface area contributed by atoms with E-state index in [2.05, 4.69) is 14.9 Å². The van der Waals surface area contributed by atoms with E-state index < -0.39 is 0 Å². The van der Waals surface area contributed by atoms with E-state index in [4.69, 9.17) is 11.6 Å². The number of para-hydroxylation sites is 1. The lowest BCUT2D eigenvalue weighted by atomic mass is 10.1. The van der Waals surface area contributed by atoms with Crippen LogP contribution >= 0.6 is 11.6 Å². The predicted molar refractivity (Wildman–Crippen MR) is 124 cm³/mol. The topological polar surface area (TPSA) is 74.5 Å². The molecule has 1 fully saturated rings. The number of benzene rings is 2. The summed E-state index contributed by atoms with van der Waals surface area (Å²) in [6.45, 7) is 1.61. The third kappa shape index (κ3) is 3.70. The van der Waals surface area contributed by atoms with Crippen molar-refractivity contribution in [1.82, 2.24) is 19.4 Å². The summed E-state index contributed by atoms with van der Waals surface area (Å²) in [4.78, 5) is 26.2. The molecule has 2 aromatic heterocycles. The first-order valence-corrected chi connectivity index (χ1v) is 10.8. The van der Waals surface area contributed by atoms with Crippen LogP contribution in [0.2, 0.25) is 5.02 Å². The molecule has 1 amide bonds. The summed E-state index contributed by atoms with van der Waals surface area (Å²) < 4.78 is 1.83. The normalized spacial score (nSPS) is 16.5. The SMILES string of the molecule is O=C(c1cn(-c2ncccn2)c2ccccc12)N1CCN(c2ccc(Cl)cc2)C[C@@H]1CO. The first kappa shape index (κ1) is 20.5. The molecule has 4 aromatic rings. The lowest BCUT2D eigenvalue weighted by Gasteiger charge is -2.41. The summed E-state index contributed by atoms with van der Waals surface area (Å²) in [6.07, 6.45) is 5.15.